The van der Waals surface area contributed by atoms with E-state index in [1.807, 2.05) is 0 Å². The van der Waals surface area contributed by atoms with Gasteiger partial charge in [0.05, 0.1) is 24.8 Å². The number of nitrogens with two attached hydrogens (primary N) is 1. The van der Waals surface area contributed by atoms with Crippen LogP contribution in [0.15, 0.2) is 30.6 Å². The van der Waals surface area contributed by atoms with Gasteiger partial charge in [-0.1, -0.05) is 45.1 Å². The van der Waals surface area contributed by atoms with Gasteiger partial charge in [0.15, 0.2) is 0 Å². The molecule has 1 aromatic carbocycles. The second-order valence-corrected chi connectivity index (χ2v) is 8.07. The number of rotatable bonds is 13. The molecule has 4 N–H and O–H groups in total. The molecule has 0 bridgehead atoms. The Balaban J connectivity index is 2.06. The standard InChI is InChI=1S/C21H29F3N3O4P/c1-2-3-4-5-6-7-10-30-19-9-8-15(11-17(19)21(22,23)24)16-12-26-20(27-13-16)18(25)14-31-32(28)29/h8-9,11-13,18,28-29H,2-7,10,14,25H2,1H3. The number of nitrogens with zero attached hydrogens (tertiary/aromatic N) is 2. The summed E-state index contributed by atoms with van der Waals surface area (Å²) >= 11 is 0. The summed E-state index contributed by atoms with van der Waals surface area (Å²) in [6.07, 6.45) is 4.26. The molecular formula is C21H29F3N3O4P. The molecule has 32 heavy (non-hydrogen) atoms. The molecule has 0 aliphatic rings. The molecule has 1 unspecified atom stereocenters. The summed E-state index contributed by atoms with van der Waals surface area (Å²) in [4.78, 5) is 25.6. The van der Waals surface area contributed by atoms with Crippen molar-refractivity contribution in [1.29, 1.82) is 0 Å². The minimum atomic E-state index is -4.57. The first-order valence-corrected chi connectivity index (χ1v) is 11.6. The highest BCUT2D eigenvalue weighted by Crippen LogP contribution is 2.39. The third-order valence-electron chi connectivity index (χ3n) is 4.75. The average Bonchev–Trinajstić information content (AvgIpc) is 2.76. The number of alkyl halides is 3. The molecule has 0 radical (unpaired) electrons. The average molecular weight is 475 g/mol. The number of benzene rings is 1. The number of ether oxygens (including phenoxy) is 1. The van der Waals surface area contributed by atoms with Crippen LogP contribution in [0.4, 0.5) is 13.2 Å². The Bertz CT molecular complexity index is 823. The third kappa shape index (κ3) is 8.60. The van der Waals surface area contributed by atoms with Gasteiger partial charge in [0.1, 0.15) is 11.6 Å². The van der Waals surface area contributed by atoms with Crippen molar-refractivity contribution in [2.45, 2.75) is 57.7 Å². The van der Waals surface area contributed by atoms with E-state index in [0.717, 1.165) is 38.2 Å². The van der Waals surface area contributed by atoms with Crippen molar-refractivity contribution >= 4 is 8.60 Å². The zero-order valence-corrected chi connectivity index (χ0v) is 18.8. The van der Waals surface area contributed by atoms with E-state index in [-0.39, 0.29) is 30.4 Å². The predicted molar refractivity (Wildman–Crippen MR) is 116 cm³/mol. The number of aromatic nitrogens is 2. The van der Waals surface area contributed by atoms with Gasteiger partial charge in [-0.2, -0.15) is 13.2 Å². The highest BCUT2D eigenvalue weighted by molar-refractivity contribution is 7.39. The lowest BCUT2D eigenvalue weighted by atomic mass is 10.0. The van der Waals surface area contributed by atoms with Crippen molar-refractivity contribution in [1.82, 2.24) is 9.97 Å². The van der Waals surface area contributed by atoms with Gasteiger partial charge in [-0.15, -0.1) is 0 Å². The van der Waals surface area contributed by atoms with Gasteiger partial charge in [-0.05, 0) is 24.1 Å². The molecule has 2 aromatic rings. The minimum Gasteiger partial charge on any atom is -0.493 e. The lowest BCUT2D eigenvalue weighted by Crippen LogP contribution is -2.18. The highest BCUT2D eigenvalue weighted by Gasteiger charge is 2.34. The van der Waals surface area contributed by atoms with Crippen LogP contribution in [-0.4, -0.2) is 33.0 Å². The van der Waals surface area contributed by atoms with Gasteiger partial charge in [0.2, 0.25) is 0 Å². The fourth-order valence-corrected chi connectivity index (χ4v) is 3.32. The normalized spacial score (nSPS) is 12.9. The summed E-state index contributed by atoms with van der Waals surface area (Å²) < 4.78 is 50.9. The van der Waals surface area contributed by atoms with Crippen molar-refractivity contribution in [3.8, 4) is 16.9 Å². The number of halogens is 3. The Morgan fingerprint density at radius 3 is 2.31 bits per heavy atom. The van der Waals surface area contributed by atoms with E-state index >= 15 is 0 Å². The van der Waals surface area contributed by atoms with Crippen LogP contribution < -0.4 is 10.5 Å². The summed E-state index contributed by atoms with van der Waals surface area (Å²) in [5.41, 5.74) is 5.61. The maximum atomic E-state index is 13.6. The third-order valence-corrected chi connectivity index (χ3v) is 5.13. The van der Waals surface area contributed by atoms with Crippen molar-refractivity contribution in [3.63, 3.8) is 0 Å². The van der Waals surface area contributed by atoms with E-state index in [0.29, 0.717) is 12.0 Å². The first-order chi connectivity index (χ1) is 15.2. The number of hydrogen-bond acceptors (Lipinski definition) is 7. The topological polar surface area (TPSA) is 111 Å². The minimum absolute atomic E-state index is 0.167. The zero-order valence-electron chi connectivity index (χ0n) is 17.9. The molecule has 0 amide bonds. The molecule has 0 saturated heterocycles. The van der Waals surface area contributed by atoms with E-state index in [2.05, 4.69) is 21.4 Å². The number of unbranched alkanes of at least 4 members (excludes halogenated alkanes) is 5. The first kappa shape index (κ1) is 26.4. The summed E-state index contributed by atoms with van der Waals surface area (Å²) in [6, 6.07) is 3.05. The first-order valence-electron chi connectivity index (χ1n) is 10.4. The zero-order chi connectivity index (χ0) is 23.6. The molecule has 2 rings (SSSR count). The largest absolute Gasteiger partial charge is 0.493 e. The summed E-state index contributed by atoms with van der Waals surface area (Å²) in [6.45, 7) is 2.15. The molecule has 0 fully saturated rings. The van der Waals surface area contributed by atoms with Crippen LogP contribution in [0.2, 0.25) is 0 Å². The molecule has 0 spiro atoms. The van der Waals surface area contributed by atoms with E-state index in [1.54, 1.807) is 0 Å². The molecule has 178 valence electrons. The Labute approximate surface area is 186 Å². The Hall–Kier alpha value is -1.84. The Morgan fingerprint density at radius 1 is 1.03 bits per heavy atom. The van der Waals surface area contributed by atoms with Crippen molar-refractivity contribution in [2.24, 2.45) is 5.73 Å². The summed E-state index contributed by atoms with van der Waals surface area (Å²) in [5, 5.41) is 0. The van der Waals surface area contributed by atoms with Crippen LogP contribution >= 0.6 is 8.60 Å². The predicted octanol–water partition coefficient (Wildman–Crippen LogP) is 5.13. The molecule has 1 heterocycles. The van der Waals surface area contributed by atoms with E-state index in [9.17, 15) is 13.2 Å². The van der Waals surface area contributed by atoms with Gasteiger partial charge in [0.25, 0.3) is 0 Å². The lowest BCUT2D eigenvalue weighted by Gasteiger charge is -2.16. The molecule has 0 aliphatic carbocycles. The highest BCUT2D eigenvalue weighted by atomic mass is 31.2. The van der Waals surface area contributed by atoms with Gasteiger partial charge >= 0.3 is 14.8 Å². The van der Waals surface area contributed by atoms with Crippen LogP contribution in [0.25, 0.3) is 11.1 Å². The Kier molecular flexibility index (Phi) is 10.7. The quantitative estimate of drug-likeness (QED) is 0.272. The second-order valence-electron chi connectivity index (χ2n) is 7.31. The fourth-order valence-electron chi connectivity index (χ4n) is 3.02. The van der Waals surface area contributed by atoms with E-state index in [4.69, 9.17) is 20.3 Å². The van der Waals surface area contributed by atoms with E-state index < -0.39 is 26.4 Å². The van der Waals surface area contributed by atoms with Gasteiger partial charge in [-0.3, -0.25) is 0 Å². The van der Waals surface area contributed by atoms with Crippen molar-refractivity contribution < 1.29 is 32.2 Å². The van der Waals surface area contributed by atoms with Crippen LogP contribution in [0, 0.1) is 0 Å². The smallest absolute Gasteiger partial charge is 0.419 e. The fraction of sp³-hybridized carbons (Fsp3) is 0.524. The van der Waals surface area contributed by atoms with Crippen molar-refractivity contribution in [2.75, 3.05) is 13.2 Å². The second kappa shape index (κ2) is 13.0. The molecule has 1 aromatic heterocycles. The lowest BCUT2D eigenvalue weighted by molar-refractivity contribution is -0.138. The van der Waals surface area contributed by atoms with Crippen LogP contribution in [-0.2, 0) is 10.7 Å². The molecule has 1 atom stereocenters. The number of hydrogen-bond donors (Lipinski definition) is 3. The van der Waals surface area contributed by atoms with Gasteiger partial charge in [0, 0.05) is 18.0 Å². The van der Waals surface area contributed by atoms with Crippen LogP contribution in [0.3, 0.4) is 0 Å². The molecule has 0 aliphatic heterocycles. The Morgan fingerprint density at radius 2 is 1.69 bits per heavy atom. The maximum absolute atomic E-state index is 13.6. The van der Waals surface area contributed by atoms with Gasteiger partial charge < -0.3 is 24.8 Å². The summed E-state index contributed by atoms with van der Waals surface area (Å²) in [7, 11) is -2.55. The van der Waals surface area contributed by atoms with Crippen LogP contribution in [0.5, 0.6) is 5.75 Å². The maximum Gasteiger partial charge on any atom is 0.419 e. The molecule has 7 nitrogen and oxygen atoms in total. The summed E-state index contributed by atoms with van der Waals surface area (Å²) in [5.74, 6) is -0.0310. The van der Waals surface area contributed by atoms with Gasteiger partial charge in [-0.25, -0.2) is 9.97 Å². The SMILES string of the molecule is CCCCCCCCOc1ccc(-c2cnc(C(N)COP(O)O)nc2)cc1C(F)(F)F. The molecule has 0 saturated carbocycles. The molecular weight excluding hydrogens is 446 g/mol. The molecule has 11 heteroatoms. The van der Waals surface area contributed by atoms with Crippen molar-refractivity contribution in [3.05, 3.63) is 42.0 Å². The van der Waals surface area contributed by atoms with E-state index in [1.165, 1.54) is 24.5 Å². The van der Waals surface area contributed by atoms with Crippen LogP contribution in [0.1, 0.15) is 62.9 Å². The monoisotopic (exact) mass is 475 g/mol.